The first-order chi connectivity index (χ1) is 14.6. The molecule has 1 aromatic carbocycles. The van der Waals surface area contributed by atoms with Crippen molar-refractivity contribution in [3.63, 3.8) is 0 Å². The Kier molecular flexibility index (Phi) is 10.1. The summed E-state index contributed by atoms with van der Waals surface area (Å²) in [5.74, 6) is 3.00. The van der Waals surface area contributed by atoms with Crippen LogP contribution in [-0.4, -0.2) is 65.4 Å². The van der Waals surface area contributed by atoms with Crippen LogP contribution in [0.25, 0.3) is 11.4 Å². The second-order valence-electron chi connectivity index (χ2n) is 7.24. The lowest BCUT2D eigenvalue weighted by Crippen LogP contribution is -2.42. The molecule has 8 nitrogen and oxygen atoms in total. The molecule has 1 aromatic heterocycles. The van der Waals surface area contributed by atoms with Crippen molar-refractivity contribution in [1.82, 2.24) is 30.7 Å². The van der Waals surface area contributed by atoms with Gasteiger partial charge in [-0.05, 0) is 70.6 Å². The van der Waals surface area contributed by atoms with Crippen LogP contribution in [-0.2, 0) is 6.54 Å². The molecule has 30 heavy (non-hydrogen) atoms. The van der Waals surface area contributed by atoms with Crippen molar-refractivity contribution < 1.29 is 4.74 Å². The third-order valence-corrected chi connectivity index (χ3v) is 5.00. The van der Waals surface area contributed by atoms with Crippen LogP contribution in [0, 0.1) is 0 Å². The first-order valence-corrected chi connectivity index (χ1v) is 10.9. The maximum Gasteiger partial charge on any atom is 0.191 e. The standard InChI is InChI=1S/C22H37N7O/c1-6-23-22(25-17(4)10-9-15-29(7-2)8-3)24-16-20-26-21(28-27-20)18-11-13-19(30-5)14-12-18/h11-14,17H,6-10,15-16H2,1-5H3,(H2,23,24,25)(H,26,27,28). The quantitative estimate of drug-likeness (QED) is 0.365. The maximum absolute atomic E-state index is 5.19. The number of nitrogens with zero attached hydrogens (tertiary/aromatic N) is 4. The number of nitrogens with one attached hydrogen (secondary N) is 3. The number of rotatable bonds is 12. The summed E-state index contributed by atoms with van der Waals surface area (Å²) in [6, 6.07) is 8.04. The van der Waals surface area contributed by atoms with Crippen LogP contribution in [0.15, 0.2) is 29.3 Å². The fraction of sp³-hybridized carbons (Fsp3) is 0.591. The molecule has 0 amide bonds. The molecule has 0 aliphatic carbocycles. The number of H-pyrrole nitrogens is 1. The Labute approximate surface area is 180 Å². The van der Waals surface area contributed by atoms with E-state index in [0.717, 1.165) is 55.7 Å². The van der Waals surface area contributed by atoms with Crippen molar-refractivity contribution in [1.29, 1.82) is 0 Å². The van der Waals surface area contributed by atoms with E-state index in [9.17, 15) is 0 Å². The molecule has 166 valence electrons. The number of aromatic amines is 1. The van der Waals surface area contributed by atoms with Crippen LogP contribution in [0.5, 0.6) is 5.75 Å². The van der Waals surface area contributed by atoms with Gasteiger partial charge in [0.2, 0.25) is 0 Å². The van der Waals surface area contributed by atoms with E-state index in [4.69, 9.17) is 4.74 Å². The van der Waals surface area contributed by atoms with Gasteiger partial charge in [0.1, 0.15) is 18.1 Å². The fourth-order valence-electron chi connectivity index (χ4n) is 3.18. The van der Waals surface area contributed by atoms with Gasteiger partial charge in [-0.25, -0.2) is 9.98 Å². The molecule has 0 aliphatic rings. The predicted molar refractivity (Wildman–Crippen MR) is 123 cm³/mol. The zero-order chi connectivity index (χ0) is 21.8. The molecule has 0 fully saturated rings. The molecule has 1 heterocycles. The Bertz CT molecular complexity index is 753. The molecule has 0 aliphatic heterocycles. The number of methoxy groups -OCH3 is 1. The van der Waals surface area contributed by atoms with Gasteiger partial charge in [-0.1, -0.05) is 13.8 Å². The van der Waals surface area contributed by atoms with Gasteiger partial charge < -0.3 is 20.3 Å². The molecule has 0 saturated carbocycles. The second kappa shape index (κ2) is 12.8. The summed E-state index contributed by atoms with van der Waals surface area (Å²) < 4.78 is 5.19. The highest BCUT2D eigenvalue weighted by atomic mass is 16.5. The summed E-state index contributed by atoms with van der Waals surface area (Å²) in [6.07, 6.45) is 2.27. The van der Waals surface area contributed by atoms with Crippen LogP contribution < -0.4 is 15.4 Å². The lowest BCUT2D eigenvalue weighted by Gasteiger charge is -2.21. The van der Waals surface area contributed by atoms with Crippen LogP contribution in [0.1, 0.15) is 46.4 Å². The van der Waals surface area contributed by atoms with Crippen LogP contribution in [0.4, 0.5) is 0 Å². The minimum absolute atomic E-state index is 0.350. The van der Waals surface area contributed by atoms with E-state index in [-0.39, 0.29) is 0 Å². The van der Waals surface area contributed by atoms with Gasteiger partial charge >= 0.3 is 0 Å². The molecule has 0 saturated heterocycles. The Hall–Kier alpha value is -2.61. The van der Waals surface area contributed by atoms with E-state index in [1.54, 1.807) is 7.11 Å². The second-order valence-corrected chi connectivity index (χ2v) is 7.24. The SMILES string of the molecule is CCNC(=NCc1nc(-c2ccc(OC)cc2)n[nH]1)NC(C)CCCN(CC)CC. The number of ether oxygens (including phenoxy) is 1. The van der Waals surface area contributed by atoms with Crippen molar-refractivity contribution in [2.75, 3.05) is 33.3 Å². The Morgan fingerprint density at radius 3 is 2.57 bits per heavy atom. The highest BCUT2D eigenvalue weighted by Crippen LogP contribution is 2.19. The molecular formula is C22H37N7O. The van der Waals surface area contributed by atoms with Gasteiger partial charge in [0, 0.05) is 18.2 Å². The van der Waals surface area contributed by atoms with E-state index >= 15 is 0 Å². The highest BCUT2D eigenvalue weighted by molar-refractivity contribution is 5.80. The summed E-state index contributed by atoms with van der Waals surface area (Å²) in [6.45, 7) is 13.3. The van der Waals surface area contributed by atoms with E-state index in [1.807, 2.05) is 24.3 Å². The number of benzene rings is 1. The van der Waals surface area contributed by atoms with Crippen LogP contribution in [0.3, 0.4) is 0 Å². The molecule has 2 rings (SSSR count). The lowest BCUT2D eigenvalue weighted by atomic mass is 10.2. The largest absolute Gasteiger partial charge is 0.497 e. The first kappa shape index (κ1) is 23.7. The van der Waals surface area contributed by atoms with E-state index < -0.39 is 0 Å². The van der Waals surface area contributed by atoms with Crippen LogP contribution >= 0.6 is 0 Å². The van der Waals surface area contributed by atoms with Crippen molar-refractivity contribution in [3.05, 3.63) is 30.1 Å². The molecule has 0 radical (unpaired) electrons. The van der Waals surface area contributed by atoms with Gasteiger partial charge in [0.15, 0.2) is 11.8 Å². The summed E-state index contributed by atoms with van der Waals surface area (Å²) in [4.78, 5) is 11.7. The molecule has 1 unspecified atom stereocenters. The molecule has 0 spiro atoms. The number of aliphatic imine (C=N–C) groups is 1. The van der Waals surface area contributed by atoms with Gasteiger partial charge in [-0.15, -0.1) is 0 Å². The predicted octanol–water partition coefficient (Wildman–Crippen LogP) is 3.05. The van der Waals surface area contributed by atoms with Gasteiger partial charge in [-0.3, -0.25) is 5.10 Å². The minimum atomic E-state index is 0.350. The fourth-order valence-corrected chi connectivity index (χ4v) is 3.18. The highest BCUT2D eigenvalue weighted by Gasteiger charge is 2.09. The maximum atomic E-state index is 5.19. The molecule has 2 aromatic rings. The monoisotopic (exact) mass is 415 g/mol. The summed E-state index contributed by atoms with van der Waals surface area (Å²) in [5.41, 5.74) is 0.939. The third-order valence-electron chi connectivity index (χ3n) is 5.00. The van der Waals surface area contributed by atoms with E-state index in [1.165, 1.54) is 6.42 Å². The number of aromatic nitrogens is 3. The Morgan fingerprint density at radius 1 is 1.20 bits per heavy atom. The molecule has 0 bridgehead atoms. The average Bonchev–Trinajstić information content (AvgIpc) is 3.24. The van der Waals surface area contributed by atoms with Gasteiger partial charge in [-0.2, -0.15) is 5.10 Å². The molecule has 8 heteroatoms. The average molecular weight is 416 g/mol. The molecule has 1 atom stereocenters. The van der Waals surface area contributed by atoms with Crippen molar-refractivity contribution in [3.8, 4) is 17.1 Å². The topological polar surface area (TPSA) is 90.5 Å². The lowest BCUT2D eigenvalue weighted by molar-refractivity contribution is 0.292. The van der Waals surface area contributed by atoms with Gasteiger partial charge in [0.05, 0.1) is 7.11 Å². The summed E-state index contributed by atoms with van der Waals surface area (Å²) >= 11 is 0. The zero-order valence-electron chi connectivity index (χ0n) is 19.0. The number of guanidine groups is 1. The number of hydrogen-bond acceptors (Lipinski definition) is 5. The normalized spacial score (nSPS) is 12.8. The summed E-state index contributed by atoms with van der Waals surface area (Å²) in [7, 11) is 1.65. The molecule has 3 N–H and O–H groups in total. The zero-order valence-corrected chi connectivity index (χ0v) is 19.0. The van der Waals surface area contributed by atoms with Crippen molar-refractivity contribution in [2.45, 2.75) is 53.1 Å². The van der Waals surface area contributed by atoms with Crippen LogP contribution in [0.2, 0.25) is 0 Å². The van der Waals surface area contributed by atoms with E-state index in [0.29, 0.717) is 18.4 Å². The van der Waals surface area contributed by atoms with E-state index in [2.05, 4.69) is 63.4 Å². The molecular weight excluding hydrogens is 378 g/mol. The Balaban J connectivity index is 1.90. The van der Waals surface area contributed by atoms with Crippen molar-refractivity contribution >= 4 is 5.96 Å². The minimum Gasteiger partial charge on any atom is -0.497 e. The smallest absolute Gasteiger partial charge is 0.191 e. The van der Waals surface area contributed by atoms with Crippen molar-refractivity contribution in [2.24, 2.45) is 4.99 Å². The first-order valence-electron chi connectivity index (χ1n) is 10.9. The number of hydrogen-bond donors (Lipinski definition) is 3. The summed E-state index contributed by atoms with van der Waals surface area (Å²) in [5, 5.41) is 14.1. The third kappa shape index (κ3) is 7.67. The van der Waals surface area contributed by atoms with Gasteiger partial charge in [0.25, 0.3) is 0 Å². The Morgan fingerprint density at radius 2 is 1.93 bits per heavy atom.